The van der Waals surface area contributed by atoms with Crippen molar-refractivity contribution in [3.8, 4) is 0 Å². The molecule has 2 rings (SSSR count). The van der Waals surface area contributed by atoms with Crippen LogP contribution in [-0.4, -0.2) is 41.0 Å². The first-order valence-electron chi connectivity index (χ1n) is 10.3. The first-order valence-corrected chi connectivity index (χ1v) is 13.3. The number of nitrogens with two attached hydrogens (primary N) is 1. The minimum atomic E-state index is -3.25. The molecule has 10 heteroatoms. The quantitative estimate of drug-likeness (QED) is 0.424. The fourth-order valence-corrected chi connectivity index (χ4v) is 5.80. The average Bonchev–Trinajstić information content (AvgIpc) is 2.77. The predicted molar refractivity (Wildman–Crippen MR) is 124 cm³/mol. The van der Waals surface area contributed by atoms with Gasteiger partial charge in [-0.05, 0) is 50.1 Å². The Labute approximate surface area is 190 Å². The van der Waals surface area contributed by atoms with E-state index >= 15 is 0 Å². The first kappa shape index (κ1) is 25.9. The van der Waals surface area contributed by atoms with Crippen molar-refractivity contribution < 1.29 is 27.4 Å². The molecule has 0 unspecified atom stereocenters. The molecule has 0 fully saturated rings. The Balaban J connectivity index is 1.99. The van der Waals surface area contributed by atoms with Gasteiger partial charge in [0.2, 0.25) is 5.91 Å². The van der Waals surface area contributed by atoms with E-state index in [4.69, 9.17) is 14.8 Å². The highest BCUT2D eigenvalue weighted by Gasteiger charge is 2.24. The Hall–Kier alpha value is -2.32. The lowest BCUT2D eigenvalue weighted by molar-refractivity contribution is -0.119. The molecule has 32 heavy (non-hydrogen) atoms. The molecular weight excluding hydrogens is 451 g/mol. The monoisotopic (exact) mass is 480 g/mol. The predicted octanol–water partition coefficient (Wildman–Crippen LogP) is 3.23. The normalized spacial score (nSPS) is 13.3. The van der Waals surface area contributed by atoms with Crippen molar-refractivity contribution in [1.29, 1.82) is 0 Å². The molecule has 0 aliphatic carbocycles. The van der Waals surface area contributed by atoms with Crippen molar-refractivity contribution >= 4 is 30.2 Å². The summed E-state index contributed by atoms with van der Waals surface area (Å²) in [6, 6.07) is 14.4. The smallest absolute Gasteiger partial charge is 0.335 e. The summed E-state index contributed by atoms with van der Waals surface area (Å²) in [7, 11) is -4.56. The number of carbonyl (C=O) groups excluding carboxylic acids is 2. The molecule has 0 aliphatic heterocycles. The average molecular weight is 481 g/mol. The van der Waals surface area contributed by atoms with E-state index in [1.165, 1.54) is 0 Å². The summed E-state index contributed by atoms with van der Waals surface area (Å²) in [6.07, 6.45) is 0.234. The topological polar surface area (TPSA) is 125 Å². The zero-order valence-electron chi connectivity index (χ0n) is 18.2. The summed E-state index contributed by atoms with van der Waals surface area (Å²) < 4.78 is 35.6. The van der Waals surface area contributed by atoms with Gasteiger partial charge in [-0.1, -0.05) is 30.3 Å². The van der Waals surface area contributed by atoms with Crippen LogP contribution in [-0.2, 0) is 35.4 Å². The molecule has 0 bridgehead atoms. The van der Waals surface area contributed by atoms with Crippen LogP contribution in [0.25, 0.3) is 0 Å². The van der Waals surface area contributed by atoms with Crippen LogP contribution in [0.3, 0.4) is 0 Å². The van der Waals surface area contributed by atoms with Crippen LogP contribution in [0.2, 0.25) is 0 Å². The molecule has 2 amide bonds. The molecule has 0 saturated carbocycles. The van der Waals surface area contributed by atoms with E-state index < -0.39 is 36.3 Å². The first-order chi connectivity index (χ1) is 15.3. The Morgan fingerprint density at radius 1 is 1.03 bits per heavy atom. The third kappa shape index (κ3) is 7.98. The lowest BCUT2D eigenvalue weighted by Crippen LogP contribution is -2.45. The van der Waals surface area contributed by atoms with Gasteiger partial charge in [0.15, 0.2) is 0 Å². The van der Waals surface area contributed by atoms with Crippen LogP contribution in [0.1, 0.15) is 36.2 Å². The van der Waals surface area contributed by atoms with Crippen LogP contribution >= 0.6 is 7.60 Å². The molecule has 2 atom stereocenters. The van der Waals surface area contributed by atoms with Gasteiger partial charge in [-0.15, -0.1) is 0 Å². The SMILES string of the molecule is CCOP(=O)(Cc1ccc(C(=O)N[C@H](CC[S@@](=O)c2ccccc2)C(N)=O)cc1)OCC. The lowest BCUT2D eigenvalue weighted by Gasteiger charge is -2.17. The number of hydrogen-bond donors (Lipinski definition) is 2. The fourth-order valence-electron chi connectivity index (χ4n) is 2.95. The van der Waals surface area contributed by atoms with Gasteiger partial charge in [0, 0.05) is 16.2 Å². The number of amides is 2. The van der Waals surface area contributed by atoms with Crippen LogP contribution in [0.4, 0.5) is 0 Å². The van der Waals surface area contributed by atoms with E-state index in [1.54, 1.807) is 62.4 Å². The van der Waals surface area contributed by atoms with Gasteiger partial charge >= 0.3 is 7.60 Å². The summed E-state index contributed by atoms with van der Waals surface area (Å²) in [5, 5.41) is 2.60. The third-order valence-corrected chi connectivity index (χ3v) is 7.95. The van der Waals surface area contributed by atoms with Gasteiger partial charge < -0.3 is 20.1 Å². The van der Waals surface area contributed by atoms with Gasteiger partial charge in [-0.2, -0.15) is 0 Å². The molecule has 2 aromatic carbocycles. The number of hydrogen-bond acceptors (Lipinski definition) is 6. The number of rotatable bonds is 13. The van der Waals surface area contributed by atoms with Crippen LogP contribution in [0.15, 0.2) is 59.5 Å². The molecule has 0 aromatic heterocycles. The Kier molecular flexibility index (Phi) is 10.3. The molecule has 174 valence electrons. The van der Waals surface area contributed by atoms with Crippen molar-refractivity contribution in [2.24, 2.45) is 5.73 Å². The molecule has 3 N–H and O–H groups in total. The fraction of sp³-hybridized carbons (Fsp3) is 0.364. The minimum Gasteiger partial charge on any atom is -0.368 e. The van der Waals surface area contributed by atoms with Gasteiger partial charge in [-0.3, -0.25) is 18.4 Å². The van der Waals surface area contributed by atoms with Crippen LogP contribution in [0.5, 0.6) is 0 Å². The molecule has 0 heterocycles. The molecule has 8 nitrogen and oxygen atoms in total. The van der Waals surface area contributed by atoms with Gasteiger partial charge in [0.25, 0.3) is 5.91 Å². The summed E-state index contributed by atoms with van der Waals surface area (Å²) in [4.78, 5) is 25.0. The summed E-state index contributed by atoms with van der Waals surface area (Å²) in [6.45, 7) is 4.01. The number of benzene rings is 2. The molecule has 0 radical (unpaired) electrons. The second kappa shape index (κ2) is 12.6. The highest BCUT2D eigenvalue weighted by molar-refractivity contribution is 7.85. The Morgan fingerprint density at radius 2 is 1.62 bits per heavy atom. The molecule has 0 spiro atoms. The summed E-state index contributed by atoms with van der Waals surface area (Å²) >= 11 is 0. The van der Waals surface area contributed by atoms with E-state index in [-0.39, 0.29) is 31.5 Å². The zero-order valence-corrected chi connectivity index (χ0v) is 19.9. The van der Waals surface area contributed by atoms with E-state index in [9.17, 15) is 18.4 Å². The van der Waals surface area contributed by atoms with E-state index in [1.807, 2.05) is 6.07 Å². The Morgan fingerprint density at radius 3 is 2.16 bits per heavy atom. The maximum Gasteiger partial charge on any atom is 0.335 e. The summed E-state index contributed by atoms with van der Waals surface area (Å²) in [5.74, 6) is -1.00. The van der Waals surface area contributed by atoms with Crippen molar-refractivity contribution in [3.05, 3.63) is 65.7 Å². The third-order valence-electron chi connectivity index (χ3n) is 4.49. The zero-order chi connectivity index (χ0) is 23.6. The molecule has 0 saturated heterocycles. The van der Waals surface area contributed by atoms with Crippen molar-refractivity contribution in [2.45, 2.75) is 37.4 Å². The van der Waals surface area contributed by atoms with E-state index in [0.29, 0.717) is 16.0 Å². The lowest BCUT2D eigenvalue weighted by atomic mass is 10.1. The van der Waals surface area contributed by atoms with Gasteiger partial charge in [0.1, 0.15) is 6.04 Å². The molecule has 0 aliphatic rings. The number of nitrogens with one attached hydrogen (secondary N) is 1. The standard InChI is InChI=1S/C22H29N2O6PS/c1-3-29-31(27,30-4-2)16-17-10-12-18(13-11-17)22(26)24-20(21(23)25)14-15-32(28)19-8-6-5-7-9-19/h5-13,20H,3-4,14-16H2,1-2H3,(H2,23,25)(H,24,26)/t20-,32-/m1/s1. The maximum atomic E-state index is 12.7. The minimum absolute atomic E-state index is 0.0891. The van der Waals surface area contributed by atoms with E-state index in [2.05, 4.69) is 5.32 Å². The van der Waals surface area contributed by atoms with Crippen molar-refractivity contribution in [2.75, 3.05) is 19.0 Å². The van der Waals surface area contributed by atoms with Crippen LogP contribution < -0.4 is 11.1 Å². The second-order valence-corrected chi connectivity index (χ2v) is 10.5. The number of primary amides is 1. The highest BCUT2D eigenvalue weighted by Crippen LogP contribution is 2.51. The molecule has 2 aromatic rings. The summed E-state index contributed by atoms with van der Waals surface area (Å²) in [5.41, 5.74) is 6.43. The van der Waals surface area contributed by atoms with E-state index in [0.717, 1.165) is 0 Å². The largest absolute Gasteiger partial charge is 0.368 e. The van der Waals surface area contributed by atoms with Crippen molar-refractivity contribution in [3.63, 3.8) is 0 Å². The maximum absolute atomic E-state index is 12.7. The van der Waals surface area contributed by atoms with Crippen molar-refractivity contribution in [1.82, 2.24) is 5.32 Å². The van der Waals surface area contributed by atoms with Crippen LogP contribution in [0, 0.1) is 0 Å². The second-order valence-electron chi connectivity index (χ2n) is 6.88. The number of carbonyl (C=O) groups is 2. The van der Waals surface area contributed by atoms with Gasteiger partial charge in [-0.25, -0.2) is 0 Å². The van der Waals surface area contributed by atoms with Gasteiger partial charge in [0.05, 0.1) is 30.2 Å². The molecular formula is C22H29N2O6PS. The Bertz CT molecular complexity index is 958. The highest BCUT2D eigenvalue weighted by atomic mass is 32.2.